The molecule has 0 atom stereocenters. The minimum absolute atomic E-state index is 0.0394. The minimum Gasteiger partial charge on any atom is -0.508 e. The highest BCUT2D eigenvalue weighted by Crippen LogP contribution is 2.30. The molecule has 24 heavy (non-hydrogen) atoms. The fourth-order valence-corrected chi connectivity index (χ4v) is 2.54. The van der Waals surface area contributed by atoms with E-state index in [2.05, 4.69) is 0 Å². The number of rotatable bonds is 1. The highest BCUT2D eigenvalue weighted by Gasteiger charge is 2.13. The zero-order valence-electron chi connectivity index (χ0n) is 12.4. The summed E-state index contributed by atoms with van der Waals surface area (Å²) in [7, 11) is -4.35. The van der Waals surface area contributed by atoms with Crippen LogP contribution >= 0.6 is 0 Å². The molecule has 0 radical (unpaired) electrons. The number of phenolic OH excluding ortho intramolecular Hbond substituents is 2. The second-order valence-electron chi connectivity index (χ2n) is 4.99. The van der Waals surface area contributed by atoms with Gasteiger partial charge in [0.15, 0.2) is 0 Å². The Labute approximate surface area is 138 Å². The van der Waals surface area contributed by atoms with E-state index >= 15 is 0 Å². The molecule has 0 heterocycles. The summed E-state index contributed by atoms with van der Waals surface area (Å²) in [5, 5.41) is 19.5. The fraction of sp³-hybridized carbons (Fsp3) is 0. The summed E-state index contributed by atoms with van der Waals surface area (Å²) in [5.41, 5.74) is 12.2. The van der Waals surface area contributed by atoms with Crippen LogP contribution in [0.3, 0.4) is 0 Å². The molecule has 0 aromatic heterocycles. The lowest BCUT2D eigenvalue weighted by atomic mass is 10.1. The molecule has 7 N–H and O–H groups in total. The van der Waals surface area contributed by atoms with Gasteiger partial charge in [-0.3, -0.25) is 4.55 Å². The van der Waals surface area contributed by atoms with E-state index in [1.165, 1.54) is 24.3 Å². The molecule has 0 saturated carbocycles. The first-order chi connectivity index (χ1) is 11.2. The number of nitrogen functional groups attached to an aromatic ring is 2. The quantitative estimate of drug-likeness (QED) is 0.335. The third-order valence-electron chi connectivity index (χ3n) is 3.10. The number of aromatic hydroxyl groups is 2. The number of anilines is 2. The predicted molar refractivity (Wildman–Crippen MR) is 92.4 cm³/mol. The second-order valence-corrected chi connectivity index (χ2v) is 6.41. The summed E-state index contributed by atoms with van der Waals surface area (Å²) in [6.45, 7) is 0. The van der Waals surface area contributed by atoms with Crippen molar-refractivity contribution in [2.24, 2.45) is 0 Å². The molecule has 0 spiro atoms. The third-order valence-corrected chi connectivity index (χ3v) is 3.93. The van der Waals surface area contributed by atoms with E-state index < -0.39 is 10.1 Å². The number of nitrogens with two attached hydrogens (primary N) is 2. The van der Waals surface area contributed by atoms with Gasteiger partial charge < -0.3 is 21.7 Å². The van der Waals surface area contributed by atoms with Crippen LogP contribution in [-0.2, 0) is 10.1 Å². The van der Waals surface area contributed by atoms with Crippen LogP contribution in [0.5, 0.6) is 11.5 Å². The largest absolute Gasteiger partial charge is 0.508 e. The second kappa shape index (κ2) is 6.65. The van der Waals surface area contributed by atoms with Crippen molar-refractivity contribution in [3.8, 4) is 11.5 Å². The van der Waals surface area contributed by atoms with Crippen LogP contribution in [-0.4, -0.2) is 23.2 Å². The summed E-state index contributed by atoms with van der Waals surface area (Å²) in [6.07, 6.45) is 0. The van der Waals surface area contributed by atoms with Crippen LogP contribution in [0.1, 0.15) is 0 Å². The molecule has 3 aromatic rings. The Morgan fingerprint density at radius 1 is 0.833 bits per heavy atom. The van der Waals surface area contributed by atoms with E-state index in [1.807, 2.05) is 6.07 Å². The van der Waals surface area contributed by atoms with Gasteiger partial charge in [-0.15, -0.1) is 0 Å². The van der Waals surface area contributed by atoms with Gasteiger partial charge in [-0.1, -0.05) is 12.1 Å². The molecule has 0 aliphatic carbocycles. The van der Waals surface area contributed by atoms with Crippen molar-refractivity contribution in [1.82, 2.24) is 0 Å². The Morgan fingerprint density at radius 2 is 1.46 bits per heavy atom. The molecule has 0 aliphatic rings. The Hall–Kier alpha value is -2.97. The average molecular weight is 348 g/mol. The average Bonchev–Trinajstić information content (AvgIpc) is 2.47. The number of fused-ring (bicyclic) bond motifs is 1. The van der Waals surface area contributed by atoms with Gasteiger partial charge in [0, 0.05) is 22.8 Å². The standard InChI is InChI=1S/C10H8O5S.C6H8N2/c11-7-2-1-6-3-8(16(13,14)15)5-10(12)9(6)4-7;7-5-2-1-3-6(8)4-5/h1-5,11-12H,(H,13,14,15);1-4H,7-8H2. The molecule has 3 aromatic carbocycles. The lowest BCUT2D eigenvalue weighted by molar-refractivity contribution is 0.468. The van der Waals surface area contributed by atoms with Crippen LogP contribution in [0.4, 0.5) is 11.4 Å². The Balaban J connectivity index is 0.000000219. The molecule has 0 saturated heterocycles. The smallest absolute Gasteiger partial charge is 0.294 e. The Morgan fingerprint density at radius 3 is 1.96 bits per heavy atom. The molecule has 0 amide bonds. The normalized spacial score (nSPS) is 10.9. The SMILES string of the molecule is Nc1cccc(N)c1.O=S(=O)(O)c1cc(O)c2cc(O)ccc2c1. The summed E-state index contributed by atoms with van der Waals surface area (Å²) < 4.78 is 30.6. The molecule has 0 fully saturated rings. The van der Waals surface area contributed by atoms with Crippen molar-refractivity contribution in [3.05, 3.63) is 54.6 Å². The van der Waals surface area contributed by atoms with E-state index in [4.69, 9.17) is 16.0 Å². The van der Waals surface area contributed by atoms with Gasteiger partial charge >= 0.3 is 0 Å². The first-order valence-electron chi connectivity index (χ1n) is 6.71. The van der Waals surface area contributed by atoms with E-state index in [-0.39, 0.29) is 16.4 Å². The lowest BCUT2D eigenvalue weighted by Gasteiger charge is -2.04. The summed E-state index contributed by atoms with van der Waals surface area (Å²) in [4.78, 5) is -0.386. The predicted octanol–water partition coefficient (Wildman–Crippen LogP) is 2.35. The van der Waals surface area contributed by atoms with Gasteiger partial charge in [-0.05, 0) is 41.8 Å². The van der Waals surface area contributed by atoms with Gasteiger partial charge in [0.1, 0.15) is 11.5 Å². The van der Waals surface area contributed by atoms with E-state index in [9.17, 15) is 18.6 Å². The first kappa shape index (κ1) is 17.4. The van der Waals surface area contributed by atoms with Gasteiger partial charge in [-0.25, -0.2) is 0 Å². The van der Waals surface area contributed by atoms with Crippen LogP contribution in [0.2, 0.25) is 0 Å². The molecule has 7 nitrogen and oxygen atoms in total. The molecule has 3 rings (SSSR count). The summed E-state index contributed by atoms with van der Waals surface area (Å²) in [5.74, 6) is -0.358. The molecular formula is C16H16N2O5S. The van der Waals surface area contributed by atoms with Gasteiger partial charge in [0.2, 0.25) is 0 Å². The monoisotopic (exact) mass is 348 g/mol. The maximum atomic E-state index is 10.9. The molecule has 126 valence electrons. The zero-order chi connectivity index (χ0) is 17.9. The first-order valence-corrected chi connectivity index (χ1v) is 8.15. The van der Waals surface area contributed by atoms with Gasteiger partial charge in [-0.2, -0.15) is 8.42 Å². The maximum absolute atomic E-state index is 10.9. The Bertz CT molecular complexity index is 970. The number of benzene rings is 3. The number of hydrogen-bond acceptors (Lipinski definition) is 6. The maximum Gasteiger partial charge on any atom is 0.294 e. The van der Waals surface area contributed by atoms with Crippen molar-refractivity contribution >= 4 is 32.3 Å². The molecule has 0 unspecified atom stereocenters. The lowest BCUT2D eigenvalue weighted by Crippen LogP contribution is -1.97. The Kier molecular flexibility index (Phi) is 4.82. The highest BCUT2D eigenvalue weighted by atomic mass is 32.2. The van der Waals surface area contributed by atoms with Gasteiger partial charge in [0.05, 0.1) is 4.90 Å². The fourth-order valence-electron chi connectivity index (χ4n) is 2.01. The van der Waals surface area contributed by atoms with Crippen LogP contribution in [0.15, 0.2) is 59.5 Å². The summed E-state index contributed by atoms with van der Waals surface area (Å²) >= 11 is 0. The van der Waals surface area contributed by atoms with E-state index in [0.717, 1.165) is 6.07 Å². The number of phenols is 2. The van der Waals surface area contributed by atoms with Crippen molar-refractivity contribution in [1.29, 1.82) is 0 Å². The zero-order valence-corrected chi connectivity index (χ0v) is 13.2. The molecule has 0 aliphatic heterocycles. The molecule has 8 heteroatoms. The number of hydrogen-bond donors (Lipinski definition) is 5. The van der Waals surface area contributed by atoms with Crippen molar-refractivity contribution in [2.75, 3.05) is 11.5 Å². The highest BCUT2D eigenvalue weighted by molar-refractivity contribution is 7.85. The third kappa shape index (κ3) is 4.28. The van der Waals surface area contributed by atoms with E-state index in [0.29, 0.717) is 22.1 Å². The topological polar surface area (TPSA) is 147 Å². The van der Waals surface area contributed by atoms with Crippen molar-refractivity contribution in [3.63, 3.8) is 0 Å². The summed E-state index contributed by atoms with van der Waals surface area (Å²) in [6, 6.07) is 13.4. The van der Waals surface area contributed by atoms with E-state index in [1.54, 1.807) is 18.2 Å². The van der Waals surface area contributed by atoms with Crippen molar-refractivity contribution < 1.29 is 23.2 Å². The van der Waals surface area contributed by atoms with Crippen LogP contribution < -0.4 is 11.5 Å². The van der Waals surface area contributed by atoms with Crippen molar-refractivity contribution in [2.45, 2.75) is 4.90 Å². The molecular weight excluding hydrogens is 332 g/mol. The molecule has 0 bridgehead atoms. The van der Waals surface area contributed by atoms with Crippen LogP contribution in [0.25, 0.3) is 10.8 Å². The van der Waals surface area contributed by atoms with Gasteiger partial charge in [0.25, 0.3) is 10.1 Å². The van der Waals surface area contributed by atoms with Crippen LogP contribution in [0, 0.1) is 0 Å². The minimum atomic E-state index is -4.35.